The van der Waals surface area contributed by atoms with Crippen molar-refractivity contribution in [1.82, 2.24) is 0 Å². The number of rotatable bonds is 3. The van der Waals surface area contributed by atoms with Gasteiger partial charge >= 0.3 is 5.97 Å². The summed E-state index contributed by atoms with van der Waals surface area (Å²) in [7, 11) is -3.24. The second-order valence-electron chi connectivity index (χ2n) is 5.15. The molecule has 1 aliphatic rings. The van der Waals surface area contributed by atoms with Gasteiger partial charge in [0.05, 0.1) is 11.2 Å². The molecule has 0 saturated heterocycles. The minimum absolute atomic E-state index is 0.248. The van der Waals surface area contributed by atoms with Crippen LogP contribution in [0.4, 0.5) is 0 Å². The van der Waals surface area contributed by atoms with Gasteiger partial charge in [0.25, 0.3) is 0 Å². The fourth-order valence-electron chi connectivity index (χ4n) is 2.48. The van der Waals surface area contributed by atoms with Crippen LogP contribution in [0.1, 0.15) is 17.0 Å². The molecule has 1 heterocycles. The van der Waals surface area contributed by atoms with Gasteiger partial charge < -0.3 is 4.74 Å². The van der Waals surface area contributed by atoms with Gasteiger partial charge in [-0.1, -0.05) is 42.5 Å². The first-order chi connectivity index (χ1) is 10.5. The maximum absolute atomic E-state index is 12.0. The molecule has 0 amide bonds. The highest BCUT2D eigenvalue weighted by Gasteiger charge is 2.32. The molecule has 0 fully saturated rings. The summed E-state index contributed by atoms with van der Waals surface area (Å²) in [5.41, 5.74) is 2.35. The van der Waals surface area contributed by atoms with Crippen LogP contribution in [0.3, 0.4) is 0 Å². The summed E-state index contributed by atoms with van der Waals surface area (Å²) in [4.78, 5) is 12.3. The summed E-state index contributed by atoms with van der Waals surface area (Å²) in [5.74, 6) is -0.807. The van der Waals surface area contributed by atoms with Crippen molar-refractivity contribution in [2.75, 3.05) is 6.26 Å². The Balaban J connectivity index is 1.99. The fraction of sp³-hybridized carbons (Fsp3) is 0.118. The Morgan fingerprint density at radius 2 is 1.59 bits per heavy atom. The van der Waals surface area contributed by atoms with Crippen LogP contribution in [0.2, 0.25) is 0 Å². The molecule has 0 radical (unpaired) electrons. The van der Waals surface area contributed by atoms with E-state index in [4.69, 9.17) is 4.74 Å². The number of esters is 1. The molecule has 22 heavy (non-hydrogen) atoms. The van der Waals surface area contributed by atoms with Gasteiger partial charge in [-0.15, -0.1) is 0 Å². The van der Waals surface area contributed by atoms with Gasteiger partial charge in [0.1, 0.15) is 5.92 Å². The zero-order chi connectivity index (χ0) is 15.7. The van der Waals surface area contributed by atoms with Gasteiger partial charge in [0, 0.05) is 11.8 Å². The molecular formula is C17H14O4S. The SMILES string of the molecule is [11CH3]S(=O)(=O)c1ccc(C2=COC(=O)C2c2ccccc2)cc1. The lowest BCUT2D eigenvalue weighted by Gasteiger charge is -2.12. The minimum Gasteiger partial charge on any atom is -0.433 e. The van der Waals surface area contributed by atoms with Crippen LogP contribution < -0.4 is 0 Å². The van der Waals surface area contributed by atoms with Gasteiger partial charge in [-0.25, -0.2) is 8.42 Å². The minimum atomic E-state index is -3.24. The van der Waals surface area contributed by atoms with E-state index in [2.05, 4.69) is 0 Å². The maximum atomic E-state index is 12.0. The smallest absolute Gasteiger partial charge is 0.322 e. The number of carbonyl (C=O) groups excluding carboxylic acids is 1. The third kappa shape index (κ3) is 2.67. The highest BCUT2D eigenvalue weighted by molar-refractivity contribution is 7.90. The van der Waals surface area contributed by atoms with Crippen molar-refractivity contribution in [3.05, 3.63) is 72.0 Å². The molecular weight excluding hydrogens is 299 g/mol. The molecule has 0 aliphatic carbocycles. The molecule has 1 unspecified atom stereocenters. The van der Waals surface area contributed by atoms with Crippen LogP contribution >= 0.6 is 0 Å². The van der Waals surface area contributed by atoms with Crippen LogP contribution in [0.15, 0.2) is 65.8 Å². The van der Waals surface area contributed by atoms with E-state index in [1.807, 2.05) is 30.3 Å². The van der Waals surface area contributed by atoms with Crippen LogP contribution in [-0.4, -0.2) is 20.6 Å². The normalized spacial score (nSPS) is 18.0. The number of hydrogen-bond donors (Lipinski definition) is 0. The predicted molar refractivity (Wildman–Crippen MR) is 82.8 cm³/mol. The Hall–Kier alpha value is -2.40. The predicted octanol–water partition coefficient (Wildman–Crippen LogP) is 2.77. The van der Waals surface area contributed by atoms with Crippen LogP contribution in [0, 0.1) is 0 Å². The van der Waals surface area contributed by atoms with E-state index in [0.717, 1.165) is 23.0 Å². The molecule has 1 atom stereocenters. The summed E-state index contributed by atoms with van der Waals surface area (Å²) in [6, 6.07) is 15.8. The first kappa shape index (κ1) is 14.5. The molecule has 112 valence electrons. The summed E-state index contributed by atoms with van der Waals surface area (Å²) >= 11 is 0. The van der Waals surface area contributed by atoms with E-state index < -0.39 is 15.8 Å². The molecule has 2 aromatic rings. The van der Waals surface area contributed by atoms with Crippen molar-refractivity contribution >= 4 is 21.4 Å². The van der Waals surface area contributed by atoms with E-state index in [1.165, 1.54) is 18.4 Å². The van der Waals surface area contributed by atoms with Crippen molar-refractivity contribution in [2.24, 2.45) is 0 Å². The number of cyclic esters (lactones) is 1. The average Bonchev–Trinajstić information content (AvgIpc) is 2.89. The van der Waals surface area contributed by atoms with Crippen molar-refractivity contribution < 1.29 is 17.9 Å². The Morgan fingerprint density at radius 1 is 0.955 bits per heavy atom. The lowest BCUT2D eigenvalue weighted by atomic mass is 9.89. The maximum Gasteiger partial charge on any atom is 0.322 e. The Morgan fingerprint density at radius 3 is 2.18 bits per heavy atom. The lowest BCUT2D eigenvalue weighted by Crippen LogP contribution is -2.09. The fourth-order valence-corrected chi connectivity index (χ4v) is 3.11. The first-order valence-electron chi connectivity index (χ1n) is 6.73. The summed E-state index contributed by atoms with van der Waals surface area (Å²) in [5, 5.41) is 0. The molecule has 4 nitrogen and oxygen atoms in total. The Labute approximate surface area is 129 Å². The molecule has 2 aromatic carbocycles. The third-order valence-corrected chi connectivity index (χ3v) is 4.73. The second-order valence-corrected chi connectivity index (χ2v) is 7.17. The van der Waals surface area contributed by atoms with Gasteiger partial charge in [0.2, 0.25) is 0 Å². The largest absolute Gasteiger partial charge is 0.433 e. The summed E-state index contributed by atoms with van der Waals surface area (Å²) < 4.78 is 28.1. The van der Waals surface area contributed by atoms with Crippen molar-refractivity contribution in [1.29, 1.82) is 0 Å². The number of benzene rings is 2. The second kappa shape index (κ2) is 5.42. The Bertz CT molecular complexity index is 834. The molecule has 0 N–H and O–H groups in total. The molecule has 5 heteroatoms. The molecule has 0 aromatic heterocycles. The van der Waals surface area contributed by atoms with Gasteiger partial charge in [0.15, 0.2) is 9.84 Å². The zero-order valence-corrected chi connectivity index (χ0v) is 12.7. The van der Waals surface area contributed by atoms with E-state index in [-0.39, 0.29) is 10.9 Å². The summed E-state index contributed by atoms with van der Waals surface area (Å²) in [6.07, 6.45) is 2.60. The van der Waals surface area contributed by atoms with Crippen LogP contribution in [0.5, 0.6) is 0 Å². The number of hydrogen-bond acceptors (Lipinski definition) is 4. The van der Waals surface area contributed by atoms with E-state index in [0.29, 0.717) is 0 Å². The van der Waals surface area contributed by atoms with Crippen molar-refractivity contribution in [3.63, 3.8) is 0 Å². The first-order valence-corrected chi connectivity index (χ1v) is 8.62. The number of sulfone groups is 1. The van der Waals surface area contributed by atoms with Crippen LogP contribution in [0.25, 0.3) is 5.57 Å². The zero-order valence-electron chi connectivity index (χ0n) is 11.9. The third-order valence-electron chi connectivity index (χ3n) is 3.60. The van der Waals surface area contributed by atoms with E-state index >= 15 is 0 Å². The molecule has 0 bridgehead atoms. The van der Waals surface area contributed by atoms with Gasteiger partial charge in [-0.05, 0) is 23.3 Å². The van der Waals surface area contributed by atoms with Crippen molar-refractivity contribution in [3.8, 4) is 0 Å². The topological polar surface area (TPSA) is 60.4 Å². The standard InChI is InChI=1S/C17H14O4S/c1-22(19,20)14-9-7-12(8-10-14)15-11-21-17(18)16(15)13-5-3-2-4-6-13/h2-11,16H,1H3/i1-1. The number of ether oxygens (including phenoxy) is 1. The lowest BCUT2D eigenvalue weighted by molar-refractivity contribution is -0.136. The Kier molecular flexibility index (Phi) is 3.58. The quantitative estimate of drug-likeness (QED) is 0.818. The monoisotopic (exact) mass is 313 g/mol. The van der Waals surface area contributed by atoms with Crippen LogP contribution in [-0.2, 0) is 19.4 Å². The van der Waals surface area contributed by atoms with Gasteiger partial charge in [-0.3, -0.25) is 4.79 Å². The van der Waals surface area contributed by atoms with E-state index in [9.17, 15) is 13.2 Å². The number of carbonyl (C=O) groups is 1. The summed E-state index contributed by atoms with van der Waals surface area (Å²) in [6.45, 7) is 0. The highest BCUT2D eigenvalue weighted by atomic mass is 32.2. The van der Waals surface area contributed by atoms with Crippen molar-refractivity contribution in [2.45, 2.75) is 10.8 Å². The van der Waals surface area contributed by atoms with Gasteiger partial charge in [-0.2, -0.15) is 0 Å². The molecule has 0 spiro atoms. The molecule has 0 saturated carbocycles. The van der Waals surface area contributed by atoms with E-state index in [1.54, 1.807) is 12.1 Å². The highest BCUT2D eigenvalue weighted by Crippen LogP contribution is 2.37. The molecule has 1 aliphatic heterocycles. The molecule has 3 rings (SSSR count). The average molecular weight is 313 g/mol.